The number of aromatic nitrogens is 1. The van der Waals surface area contributed by atoms with Gasteiger partial charge in [0.05, 0.1) is 5.52 Å². The number of pyridine rings is 1. The fraction of sp³-hybridized carbons (Fsp3) is 0.471. The summed E-state index contributed by atoms with van der Waals surface area (Å²) in [5.74, 6) is 0.401. The van der Waals surface area contributed by atoms with Gasteiger partial charge in [-0.15, -0.1) is 0 Å². The van der Waals surface area contributed by atoms with E-state index in [9.17, 15) is 0 Å². The second kappa shape index (κ2) is 6.52. The molecule has 1 aromatic heterocycles. The Hall–Kier alpha value is -1.49. The Bertz CT molecular complexity index is 590. The van der Waals surface area contributed by atoms with Gasteiger partial charge < -0.3 is 15.5 Å². The summed E-state index contributed by atoms with van der Waals surface area (Å²) in [6.07, 6.45) is 1.84. The summed E-state index contributed by atoms with van der Waals surface area (Å²) < 4.78 is 0. The van der Waals surface area contributed by atoms with Crippen LogP contribution < -0.4 is 5.73 Å². The van der Waals surface area contributed by atoms with Crippen LogP contribution in [0, 0.1) is 0 Å². The molecule has 4 heteroatoms. The van der Waals surface area contributed by atoms with E-state index in [0.717, 1.165) is 38.2 Å². The summed E-state index contributed by atoms with van der Waals surface area (Å²) >= 11 is 0. The van der Waals surface area contributed by atoms with E-state index in [0.29, 0.717) is 12.5 Å². The van der Waals surface area contributed by atoms with E-state index in [-0.39, 0.29) is 0 Å². The second-order valence-corrected chi connectivity index (χ2v) is 5.99. The number of benzene rings is 1. The van der Waals surface area contributed by atoms with Crippen LogP contribution >= 0.6 is 0 Å². The Morgan fingerprint density at radius 2 is 2.00 bits per heavy atom. The molecule has 1 unspecified atom stereocenters. The molecule has 1 aliphatic heterocycles. The monoisotopic (exact) mass is 284 g/mol. The van der Waals surface area contributed by atoms with Crippen LogP contribution in [0.3, 0.4) is 0 Å². The molecule has 3 rings (SSSR count). The van der Waals surface area contributed by atoms with Crippen molar-refractivity contribution in [1.29, 1.82) is 0 Å². The van der Waals surface area contributed by atoms with E-state index < -0.39 is 0 Å². The zero-order valence-electron chi connectivity index (χ0n) is 12.7. The Balaban J connectivity index is 1.74. The highest BCUT2D eigenvalue weighted by atomic mass is 15.2. The molecule has 2 heterocycles. The van der Waals surface area contributed by atoms with Crippen molar-refractivity contribution in [2.24, 2.45) is 5.73 Å². The summed E-state index contributed by atoms with van der Waals surface area (Å²) in [6, 6.07) is 10.6. The number of hydrogen-bond donors (Lipinski definition) is 1. The van der Waals surface area contributed by atoms with Crippen LogP contribution in [-0.2, 0) is 0 Å². The molecule has 0 radical (unpaired) electrons. The van der Waals surface area contributed by atoms with Crippen LogP contribution in [0.1, 0.15) is 11.5 Å². The van der Waals surface area contributed by atoms with Crippen molar-refractivity contribution in [2.45, 2.75) is 5.92 Å². The first-order valence-corrected chi connectivity index (χ1v) is 7.72. The predicted octanol–water partition coefficient (Wildman–Crippen LogP) is 1.52. The average Bonchev–Trinajstić information content (AvgIpc) is 2.54. The first-order valence-electron chi connectivity index (χ1n) is 7.72. The van der Waals surface area contributed by atoms with Crippen molar-refractivity contribution in [3.05, 3.63) is 42.1 Å². The van der Waals surface area contributed by atoms with Gasteiger partial charge in [0.25, 0.3) is 0 Å². The number of nitrogens with zero attached hydrogens (tertiary/aromatic N) is 3. The number of hydrogen-bond acceptors (Lipinski definition) is 4. The highest BCUT2D eigenvalue weighted by Crippen LogP contribution is 2.21. The fourth-order valence-corrected chi connectivity index (χ4v) is 3.01. The minimum Gasteiger partial charge on any atom is -0.330 e. The van der Waals surface area contributed by atoms with Crippen molar-refractivity contribution in [3.8, 4) is 0 Å². The molecule has 2 N–H and O–H groups in total. The van der Waals surface area contributed by atoms with Crippen molar-refractivity contribution in [1.82, 2.24) is 14.8 Å². The molecule has 0 saturated carbocycles. The fourth-order valence-electron chi connectivity index (χ4n) is 3.01. The van der Waals surface area contributed by atoms with Gasteiger partial charge in [0.15, 0.2) is 0 Å². The Labute approximate surface area is 126 Å². The third-order valence-electron chi connectivity index (χ3n) is 4.46. The third kappa shape index (κ3) is 3.40. The summed E-state index contributed by atoms with van der Waals surface area (Å²) in [7, 11) is 2.19. The molecule has 0 aliphatic carbocycles. The van der Waals surface area contributed by atoms with Gasteiger partial charge >= 0.3 is 0 Å². The molecule has 1 aliphatic rings. The van der Waals surface area contributed by atoms with Crippen LogP contribution in [0.5, 0.6) is 0 Å². The molecule has 2 aromatic rings. The maximum atomic E-state index is 6.04. The van der Waals surface area contributed by atoms with Gasteiger partial charge in [0.2, 0.25) is 0 Å². The lowest BCUT2D eigenvalue weighted by atomic mass is 9.96. The van der Waals surface area contributed by atoms with Crippen LogP contribution in [0.2, 0.25) is 0 Å². The molecule has 1 aromatic carbocycles. The van der Waals surface area contributed by atoms with Crippen LogP contribution in [0.15, 0.2) is 36.5 Å². The molecule has 1 atom stereocenters. The number of likely N-dealkylation sites (N-methyl/N-ethyl adjacent to an activating group) is 1. The number of fused-ring (bicyclic) bond motifs is 1. The highest BCUT2D eigenvalue weighted by molar-refractivity contribution is 5.79. The smallest absolute Gasteiger partial charge is 0.0702 e. The first kappa shape index (κ1) is 14.4. The SMILES string of the molecule is CN1CCN(CC(CN)c2ccc3ncccc3c2)CC1. The first-order chi connectivity index (χ1) is 10.3. The normalized spacial score (nSPS) is 19.0. The van der Waals surface area contributed by atoms with E-state index in [1.807, 2.05) is 12.3 Å². The van der Waals surface area contributed by atoms with Crippen LogP contribution in [0.25, 0.3) is 10.9 Å². The lowest BCUT2D eigenvalue weighted by Crippen LogP contribution is -2.46. The third-order valence-corrected chi connectivity index (χ3v) is 4.46. The topological polar surface area (TPSA) is 45.4 Å². The van der Waals surface area contributed by atoms with E-state index in [2.05, 4.69) is 46.1 Å². The standard InChI is InChI=1S/C17H24N4/c1-20-7-9-21(10-8-20)13-16(12-18)14-4-5-17-15(11-14)3-2-6-19-17/h2-6,11,16H,7-10,12-13,18H2,1H3. The number of piperazine rings is 1. The van der Waals surface area contributed by atoms with Crippen molar-refractivity contribution >= 4 is 10.9 Å². The van der Waals surface area contributed by atoms with Gasteiger partial charge in [-0.25, -0.2) is 0 Å². The molecule has 0 amide bonds. The van der Waals surface area contributed by atoms with E-state index >= 15 is 0 Å². The minimum atomic E-state index is 0.401. The summed E-state index contributed by atoms with van der Waals surface area (Å²) in [6.45, 7) is 6.33. The van der Waals surface area contributed by atoms with Gasteiger partial charge in [0.1, 0.15) is 0 Å². The molecular formula is C17H24N4. The van der Waals surface area contributed by atoms with Crippen LogP contribution in [0.4, 0.5) is 0 Å². The quantitative estimate of drug-likeness (QED) is 0.925. The van der Waals surface area contributed by atoms with Crippen molar-refractivity contribution in [3.63, 3.8) is 0 Å². The van der Waals surface area contributed by atoms with Gasteiger partial charge in [-0.3, -0.25) is 4.98 Å². The van der Waals surface area contributed by atoms with Crippen molar-refractivity contribution < 1.29 is 0 Å². The van der Waals surface area contributed by atoms with Gasteiger partial charge in [-0.05, 0) is 30.8 Å². The Morgan fingerprint density at radius 1 is 1.19 bits per heavy atom. The molecule has 0 bridgehead atoms. The number of nitrogens with two attached hydrogens (primary N) is 1. The molecule has 1 fully saturated rings. The van der Waals surface area contributed by atoms with E-state index in [1.165, 1.54) is 10.9 Å². The van der Waals surface area contributed by atoms with E-state index in [1.54, 1.807) is 0 Å². The molecule has 0 spiro atoms. The van der Waals surface area contributed by atoms with Crippen LogP contribution in [-0.4, -0.2) is 61.1 Å². The van der Waals surface area contributed by atoms with Gasteiger partial charge in [0, 0.05) is 56.8 Å². The summed E-state index contributed by atoms with van der Waals surface area (Å²) in [4.78, 5) is 9.30. The highest BCUT2D eigenvalue weighted by Gasteiger charge is 2.19. The minimum absolute atomic E-state index is 0.401. The zero-order chi connectivity index (χ0) is 14.7. The summed E-state index contributed by atoms with van der Waals surface area (Å²) in [5.41, 5.74) is 8.42. The average molecular weight is 284 g/mol. The molecule has 112 valence electrons. The Kier molecular flexibility index (Phi) is 4.48. The molecule has 4 nitrogen and oxygen atoms in total. The number of rotatable bonds is 4. The lowest BCUT2D eigenvalue weighted by Gasteiger charge is -2.34. The molecular weight excluding hydrogens is 260 g/mol. The van der Waals surface area contributed by atoms with E-state index in [4.69, 9.17) is 5.73 Å². The molecule has 1 saturated heterocycles. The summed E-state index contributed by atoms with van der Waals surface area (Å²) in [5, 5.41) is 1.20. The predicted molar refractivity (Wildman–Crippen MR) is 87.5 cm³/mol. The maximum Gasteiger partial charge on any atom is 0.0702 e. The molecule has 21 heavy (non-hydrogen) atoms. The second-order valence-electron chi connectivity index (χ2n) is 5.99. The zero-order valence-corrected chi connectivity index (χ0v) is 12.7. The van der Waals surface area contributed by atoms with Gasteiger partial charge in [-0.2, -0.15) is 0 Å². The van der Waals surface area contributed by atoms with Gasteiger partial charge in [-0.1, -0.05) is 12.1 Å². The Morgan fingerprint density at radius 3 is 2.76 bits per heavy atom. The lowest BCUT2D eigenvalue weighted by molar-refractivity contribution is 0.147. The largest absolute Gasteiger partial charge is 0.330 e. The maximum absolute atomic E-state index is 6.04. The van der Waals surface area contributed by atoms with Crippen molar-refractivity contribution in [2.75, 3.05) is 46.3 Å².